The van der Waals surface area contributed by atoms with Crippen LogP contribution >= 0.6 is 11.6 Å². The zero-order valence-corrected chi connectivity index (χ0v) is 17.9. The molecule has 0 aromatic heterocycles. The Morgan fingerprint density at radius 3 is 2.74 bits per heavy atom. The van der Waals surface area contributed by atoms with Crippen LogP contribution in [-0.2, 0) is 9.59 Å². The monoisotopic (exact) mass is 441 g/mol. The summed E-state index contributed by atoms with van der Waals surface area (Å²) in [6.07, 6.45) is 3.37. The maximum atomic E-state index is 13.1. The largest absolute Gasteiger partial charge is 0.455 e. The van der Waals surface area contributed by atoms with Crippen molar-refractivity contribution in [2.75, 3.05) is 11.9 Å². The number of nitrogens with zero attached hydrogens (tertiary/aromatic N) is 1. The van der Waals surface area contributed by atoms with E-state index in [4.69, 9.17) is 16.3 Å². The maximum absolute atomic E-state index is 13.1. The Morgan fingerprint density at radius 1 is 1.23 bits per heavy atom. The van der Waals surface area contributed by atoms with Crippen LogP contribution in [0.4, 0.5) is 10.5 Å². The summed E-state index contributed by atoms with van der Waals surface area (Å²) < 4.78 is 5.85. The van der Waals surface area contributed by atoms with Gasteiger partial charge in [-0.1, -0.05) is 49.6 Å². The number of rotatable bonds is 5. The fourth-order valence-electron chi connectivity index (χ4n) is 4.28. The molecule has 162 valence electrons. The third kappa shape index (κ3) is 4.23. The van der Waals surface area contributed by atoms with E-state index >= 15 is 0 Å². The van der Waals surface area contributed by atoms with Crippen LogP contribution in [0.1, 0.15) is 32.6 Å². The molecule has 7 nitrogen and oxygen atoms in total. The maximum Gasteiger partial charge on any atom is 0.325 e. The number of hydrogen-bond donors (Lipinski definition) is 2. The smallest absolute Gasteiger partial charge is 0.325 e. The van der Waals surface area contributed by atoms with Gasteiger partial charge in [-0.2, -0.15) is 0 Å². The van der Waals surface area contributed by atoms with Crippen molar-refractivity contribution >= 4 is 35.1 Å². The highest BCUT2D eigenvalue weighted by molar-refractivity contribution is 6.31. The van der Waals surface area contributed by atoms with Gasteiger partial charge in [-0.05, 0) is 49.1 Å². The van der Waals surface area contributed by atoms with Crippen molar-refractivity contribution in [2.45, 2.75) is 38.1 Å². The van der Waals surface area contributed by atoms with Gasteiger partial charge in [0, 0.05) is 5.02 Å². The summed E-state index contributed by atoms with van der Waals surface area (Å²) in [6, 6.07) is 13.5. The molecule has 2 aliphatic rings. The van der Waals surface area contributed by atoms with Crippen LogP contribution in [0.5, 0.6) is 11.5 Å². The van der Waals surface area contributed by atoms with E-state index < -0.39 is 17.5 Å². The van der Waals surface area contributed by atoms with Gasteiger partial charge in [0.05, 0.1) is 5.69 Å². The number of anilines is 1. The van der Waals surface area contributed by atoms with Crippen LogP contribution in [0.25, 0.3) is 0 Å². The third-order valence-electron chi connectivity index (χ3n) is 5.99. The van der Waals surface area contributed by atoms with Gasteiger partial charge in [0.2, 0.25) is 5.91 Å². The van der Waals surface area contributed by atoms with Crippen LogP contribution < -0.4 is 15.4 Å². The molecule has 2 atom stereocenters. The zero-order valence-electron chi connectivity index (χ0n) is 17.2. The van der Waals surface area contributed by atoms with Gasteiger partial charge >= 0.3 is 6.03 Å². The molecule has 0 bridgehead atoms. The summed E-state index contributed by atoms with van der Waals surface area (Å²) in [6.45, 7) is 1.59. The van der Waals surface area contributed by atoms with Crippen LogP contribution in [0, 0.1) is 5.92 Å². The molecular weight excluding hydrogens is 418 g/mol. The van der Waals surface area contributed by atoms with E-state index in [1.54, 1.807) is 30.3 Å². The minimum Gasteiger partial charge on any atom is -0.455 e. The molecule has 4 rings (SSSR count). The van der Waals surface area contributed by atoms with Crippen LogP contribution in [0.15, 0.2) is 48.5 Å². The average molecular weight is 442 g/mol. The summed E-state index contributed by atoms with van der Waals surface area (Å²) in [5, 5.41) is 5.99. The van der Waals surface area contributed by atoms with Gasteiger partial charge in [-0.3, -0.25) is 14.5 Å². The van der Waals surface area contributed by atoms with Crippen molar-refractivity contribution in [3.63, 3.8) is 0 Å². The topological polar surface area (TPSA) is 87.7 Å². The van der Waals surface area contributed by atoms with E-state index in [9.17, 15) is 14.4 Å². The molecule has 1 aliphatic carbocycles. The fourth-order valence-corrected chi connectivity index (χ4v) is 4.45. The highest BCUT2D eigenvalue weighted by Gasteiger charge is 2.55. The van der Waals surface area contributed by atoms with Crippen LogP contribution in [-0.4, -0.2) is 34.8 Å². The molecule has 31 heavy (non-hydrogen) atoms. The molecule has 0 radical (unpaired) electrons. The molecule has 2 fully saturated rings. The van der Waals surface area contributed by atoms with E-state index in [1.807, 2.05) is 25.1 Å². The molecular formula is C23H24ClN3O4. The van der Waals surface area contributed by atoms with Crippen molar-refractivity contribution in [1.82, 2.24) is 10.2 Å². The van der Waals surface area contributed by atoms with Gasteiger partial charge in [-0.15, -0.1) is 0 Å². The van der Waals surface area contributed by atoms with Crippen LogP contribution in [0.2, 0.25) is 5.02 Å². The van der Waals surface area contributed by atoms with E-state index in [2.05, 4.69) is 10.6 Å². The number of para-hydroxylation sites is 1. The lowest BCUT2D eigenvalue weighted by atomic mass is 9.73. The van der Waals surface area contributed by atoms with Gasteiger partial charge in [0.15, 0.2) is 5.75 Å². The number of urea groups is 1. The molecule has 1 saturated carbocycles. The fraction of sp³-hybridized carbons (Fsp3) is 0.348. The van der Waals surface area contributed by atoms with Crippen molar-refractivity contribution in [2.24, 2.45) is 5.92 Å². The van der Waals surface area contributed by atoms with Crippen molar-refractivity contribution in [3.05, 3.63) is 53.6 Å². The molecule has 1 spiro atoms. The number of amides is 4. The van der Waals surface area contributed by atoms with Crippen LogP contribution in [0.3, 0.4) is 0 Å². The Bertz CT molecular complexity index is 1010. The van der Waals surface area contributed by atoms with Crippen molar-refractivity contribution < 1.29 is 19.1 Å². The van der Waals surface area contributed by atoms with E-state index in [-0.39, 0.29) is 18.4 Å². The molecule has 1 heterocycles. The van der Waals surface area contributed by atoms with Gasteiger partial charge < -0.3 is 15.4 Å². The number of halogens is 1. The Labute approximate surface area is 185 Å². The summed E-state index contributed by atoms with van der Waals surface area (Å²) >= 11 is 6.10. The number of carbonyl (C=O) groups excluding carboxylic acids is 3. The van der Waals surface area contributed by atoms with E-state index in [1.165, 1.54) is 0 Å². The van der Waals surface area contributed by atoms with Crippen molar-refractivity contribution in [3.8, 4) is 11.5 Å². The molecule has 2 N–H and O–H groups in total. The standard InChI is InChI=1S/C23H24ClN3O4/c1-15-7-5-6-12-23(15)21(29)27(22(30)26-23)14-20(28)25-18-13-16(24)10-11-19(18)31-17-8-3-2-4-9-17/h2-4,8-11,13,15H,5-7,12,14H2,1H3,(H,25,28)(H,26,30)/t15-,23+/m0/s1. The number of carbonyl (C=O) groups is 3. The summed E-state index contributed by atoms with van der Waals surface area (Å²) in [5.74, 6) is 0.196. The molecule has 2 aromatic carbocycles. The van der Waals surface area contributed by atoms with Gasteiger partial charge in [-0.25, -0.2) is 4.79 Å². The zero-order chi connectivity index (χ0) is 22.0. The Balaban J connectivity index is 1.48. The lowest BCUT2D eigenvalue weighted by Crippen LogP contribution is -2.54. The first-order valence-corrected chi connectivity index (χ1v) is 10.7. The predicted molar refractivity (Wildman–Crippen MR) is 117 cm³/mol. The summed E-state index contributed by atoms with van der Waals surface area (Å²) in [4.78, 5) is 39.3. The lowest BCUT2D eigenvalue weighted by molar-refractivity contribution is -0.136. The average Bonchev–Trinajstić information content (AvgIpc) is 2.98. The third-order valence-corrected chi connectivity index (χ3v) is 6.22. The predicted octanol–water partition coefficient (Wildman–Crippen LogP) is 4.57. The SMILES string of the molecule is C[C@H]1CCCC[C@@]12NC(=O)N(CC(=O)Nc1cc(Cl)ccc1Oc1ccccc1)C2=O. The number of hydrogen-bond acceptors (Lipinski definition) is 4. The lowest BCUT2D eigenvalue weighted by Gasteiger charge is -2.36. The molecule has 8 heteroatoms. The number of imide groups is 1. The number of benzene rings is 2. The van der Waals surface area contributed by atoms with Crippen molar-refractivity contribution in [1.29, 1.82) is 0 Å². The summed E-state index contributed by atoms with van der Waals surface area (Å²) in [7, 11) is 0. The molecule has 2 aromatic rings. The molecule has 1 saturated heterocycles. The normalized spacial score (nSPS) is 23.0. The quantitative estimate of drug-likeness (QED) is 0.665. The van der Waals surface area contributed by atoms with Gasteiger partial charge in [0.1, 0.15) is 17.8 Å². The Kier molecular flexibility index (Phi) is 5.87. The minimum atomic E-state index is -0.896. The Hall–Kier alpha value is -3.06. The number of ether oxygens (including phenoxy) is 1. The first-order chi connectivity index (χ1) is 14.9. The Morgan fingerprint density at radius 2 is 2.00 bits per heavy atom. The molecule has 4 amide bonds. The summed E-state index contributed by atoms with van der Waals surface area (Å²) in [5.41, 5.74) is -0.540. The second kappa shape index (κ2) is 8.59. The molecule has 0 unspecified atom stereocenters. The first-order valence-electron chi connectivity index (χ1n) is 10.4. The highest BCUT2D eigenvalue weighted by atomic mass is 35.5. The van der Waals surface area contributed by atoms with E-state index in [0.717, 1.165) is 24.2 Å². The molecule has 1 aliphatic heterocycles. The van der Waals surface area contributed by atoms with E-state index in [0.29, 0.717) is 28.6 Å². The van der Waals surface area contributed by atoms with Gasteiger partial charge in [0.25, 0.3) is 5.91 Å². The minimum absolute atomic E-state index is 0.0320. The second-order valence-electron chi connectivity index (χ2n) is 8.04. The first kappa shape index (κ1) is 21.2. The number of nitrogens with one attached hydrogen (secondary N) is 2. The highest BCUT2D eigenvalue weighted by Crippen LogP contribution is 2.38. The second-order valence-corrected chi connectivity index (χ2v) is 8.48.